The Kier molecular flexibility index (Phi) is 6.12. The van der Waals surface area contributed by atoms with E-state index in [4.69, 9.17) is 11.6 Å². The van der Waals surface area contributed by atoms with Crippen LogP contribution in [-0.4, -0.2) is 31.4 Å². The van der Waals surface area contributed by atoms with Gasteiger partial charge in [0.05, 0.1) is 10.7 Å². The summed E-state index contributed by atoms with van der Waals surface area (Å²) in [5, 5.41) is 10.1. The van der Waals surface area contributed by atoms with Gasteiger partial charge >= 0.3 is 0 Å². The largest absolute Gasteiger partial charge is 0.326 e. The van der Waals surface area contributed by atoms with Gasteiger partial charge < -0.3 is 10.6 Å². The topological polar surface area (TPSA) is 101 Å². The van der Waals surface area contributed by atoms with Crippen LogP contribution in [0.1, 0.15) is 37.2 Å². The molecule has 0 fully saturated rings. The molecule has 0 aliphatic heterocycles. The van der Waals surface area contributed by atoms with Crippen LogP contribution < -0.4 is 10.6 Å². The molecule has 2 amide bonds. The van der Waals surface area contributed by atoms with Crippen molar-refractivity contribution in [3.05, 3.63) is 46.5 Å². The van der Waals surface area contributed by atoms with E-state index in [1.165, 1.54) is 6.33 Å². The van der Waals surface area contributed by atoms with Gasteiger partial charge in [0.15, 0.2) is 0 Å². The zero-order valence-corrected chi connectivity index (χ0v) is 17.5. The molecule has 0 saturated heterocycles. The summed E-state index contributed by atoms with van der Waals surface area (Å²) < 4.78 is 1.67. The van der Waals surface area contributed by atoms with Crippen LogP contribution in [0.5, 0.6) is 0 Å². The lowest BCUT2D eigenvalue weighted by Crippen LogP contribution is -2.18. The number of carbonyl (C=O) groups excluding carboxylic acids is 2. The van der Waals surface area contributed by atoms with Crippen molar-refractivity contribution in [2.75, 3.05) is 10.6 Å². The normalized spacial score (nSPS) is 11.1. The first kappa shape index (κ1) is 20.7. The number of aromatic nitrogens is 4. The number of halogens is 1. The molecular formula is C20H23ClN6O2. The van der Waals surface area contributed by atoms with Crippen molar-refractivity contribution < 1.29 is 9.59 Å². The van der Waals surface area contributed by atoms with Crippen molar-refractivity contribution >= 4 is 40.6 Å². The van der Waals surface area contributed by atoms with Crippen LogP contribution >= 0.6 is 11.6 Å². The SMILES string of the molecule is Cc1nc2ncnn2c(C)c1CCC(=O)Nc1ccc(NC(=O)C(C)C)c(Cl)c1. The molecule has 3 rings (SSSR count). The first-order valence-electron chi connectivity index (χ1n) is 9.32. The number of hydrogen-bond donors (Lipinski definition) is 2. The molecule has 0 radical (unpaired) electrons. The second kappa shape index (κ2) is 8.57. The van der Waals surface area contributed by atoms with Gasteiger partial charge in [-0.15, -0.1) is 0 Å². The minimum absolute atomic E-state index is 0.118. The molecule has 1 aromatic carbocycles. The first-order valence-corrected chi connectivity index (χ1v) is 9.70. The number of fused-ring (bicyclic) bond motifs is 1. The van der Waals surface area contributed by atoms with Crippen molar-refractivity contribution in [3.8, 4) is 0 Å². The van der Waals surface area contributed by atoms with Gasteiger partial charge in [-0.1, -0.05) is 25.4 Å². The third kappa shape index (κ3) is 4.71. The summed E-state index contributed by atoms with van der Waals surface area (Å²) in [6, 6.07) is 5.00. The van der Waals surface area contributed by atoms with Gasteiger partial charge in [0.1, 0.15) is 6.33 Å². The molecule has 9 heteroatoms. The van der Waals surface area contributed by atoms with Gasteiger partial charge in [-0.25, -0.2) is 9.50 Å². The molecule has 0 unspecified atom stereocenters. The maximum Gasteiger partial charge on any atom is 0.252 e. The molecule has 2 N–H and O–H groups in total. The second-order valence-corrected chi connectivity index (χ2v) is 7.53. The fraction of sp³-hybridized carbons (Fsp3) is 0.350. The van der Waals surface area contributed by atoms with E-state index >= 15 is 0 Å². The highest BCUT2D eigenvalue weighted by Crippen LogP contribution is 2.26. The number of aryl methyl sites for hydroxylation is 2. The van der Waals surface area contributed by atoms with Gasteiger partial charge in [-0.05, 0) is 44.0 Å². The van der Waals surface area contributed by atoms with Gasteiger partial charge in [-0.3, -0.25) is 9.59 Å². The van der Waals surface area contributed by atoms with Crippen LogP contribution in [0.2, 0.25) is 5.02 Å². The van der Waals surface area contributed by atoms with Crippen molar-refractivity contribution in [1.29, 1.82) is 0 Å². The summed E-state index contributed by atoms with van der Waals surface area (Å²) in [4.78, 5) is 32.7. The molecule has 0 bridgehead atoms. The van der Waals surface area contributed by atoms with E-state index < -0.39 is 0 Å². The number of benzene rings is 1. The fourth-order valence-electron chi connectivity index (χ4n) is 2.95. The third-order valence-corrected chi connectivity index (χ3v) is 4.94. The third-order valence-electron chi connectivity index (χ3n) is 4.63. The predicted octanol–water partition coefficient (Wildman–Crippen LogP) is 3.56. The molecule has 152 valence electrons. The Labute approximate surface area is 173 Å². The maximum atomic E-state index is 12.4. The number of hydrogen-bond acceptors (Lipinski definition) is 5. The van der Waals surface area contributed by atoms with Crippen LogP contribution in [0, 0.1) is 19.8 Å². The van der Waals surface area contributed by atoms with Crippen LogP contribution in [0.15, 0.2) is 24.5 Å². The Morgan fingerprint density at radius 2 is 1.97 bits per heavy atom. The van der Waals surface area contributed by atoms with Gasteiger partial charge in [-0.2, -0.15) is 10.1 Å². The van der Waals surface area contributed by atoms with E-state index in [0.29, 0.717) is 28.6 Å². The van der Waals surface area contributed by atoms with Crippen LogP contribution in [-0.2, 0) is 16.0 Å². The highest BCUT2D eigenvalue weighted by molar-refractivity contribution is 6.34. The molecular weight excluding hydrogens is 392 g/mol. The van der Waals surface area contributed by atoms with E-state index in [-0.39, 0.29) is 24.2 Å². The summed E-state index contributed by atoms with van der Waals surface area (Å²) in [5.41, 5.74) is 3.82. The molecule has 0 atom stereocenters. The van der Waals surface area contributed by atoms with E-state index in [1.807, 2.05) is 13.8 Å². The molecule has 2 heterocycles. The Bertz CT molecular complexity index is 1080. The monoisotopic (exact) mass is 414 g/mol. The summed E-state index contributed by atoms with van der Waals surface area (Å²) in [6.07, 6.45) is 2.28. The lowest BCUT2D eigenvalue weighted by Gasteiger charge is -2.12. The quantitative estimate of drug-likeness (QED) is 0.642. The Morgan fingerprint density at radius 3 is 2.66 bits per heavy atom. The van der Waals surface area contributed by atoms with E-state index in [0.717, 1.165) is 17.0 Å². The highest BCUT2D eigenvalue weighted by atomic mass is 35.5. The Hall–Kier alpha value is -3.00. The molecule has 3 aromatic rings. The molecule has 0 aliphatic carbocycles. The predicted molar refractivity (Wildman–Crippen MR) is 112 cm³/mol. The Balaban J connectivity index is 1.64. The molecule has 2 aromatic heterocycles. The van der Waals surface area contributed by atoms with Crippen LogP contribution in [0.25, 0.3) is 5.78 Å². The first-order chi connectivity index (χ1) is 13.8. The second-order valence-electron chi connectivity index (χ2n) is 7.12. The van der Waals surface area contributed by atoms with E-state index in [1.54, 1.807) is 36.6 Å². The van der Waals surface area contributed by atoms with Gasteiger partial charge in [0.25, 0.3) is 5.78 Å². The average Bonchev–Trinajstić information content (AvgIpc) is 3.12. The summed E-state index contributed by atoms with van der Waals surface area (Å²) in [7, 11) is 0. The smallest absolute Gasteiger partial charge is 0.252 e. The lowest BCUT2D eigenvalue weighted by molar-refractivity contribution is -0.119. The summed E-state index contributed by atoms with van der Waals surface area (Å²) in [5.74, 6) is 0.140. The number of carbonyl (C=O) groups is 2. The molecule has 0 aliphatic rings. The minimum atomic E-state index is -0.149. The number of nitrogens with one attached hydrogen (secondary N) is 2. The number of anilines is 2. The average molecular weight is 415 g/mol. The van der Waals surface area contributed by atoms with E-state index in [2.05, 4.69) is 25.7 Å². The molecule has 0 saturated carbocycles. The van der Waals surface area contributed by atoms with Crippen molar-refractivity contribution in [3.63, 3.8) is 0 Å². The van der Waals surface area contributed by atoms with Gasteiger partial charge in [0, 0.05) is 29.4 Å². The van der Waals surface area contributed by atoms with E-state index in [9.17, 15) is 9.59 Å². The molecule has 8 nitrogen and oxygen atoms in total. The summed E-state index contributed by atoms with van der Waals surface area (Å²) >= 11 is 6.23. The standard InChI is InChI=1S/C20H23ClN6O2/c1-11(2)19(29)26-17-7-5-14(9-16(17)21)25-18(28)8-6-15-12(3)24-20-22-10-23-27(20)13(15)4/h5,7,9-11H,6,8H2,1-4H3,(H,25,28)(H,26,29). The fourth-order valence-corrected chi connectivity index (χ4v) is 3.18. The highest BCUT2D eigenvalue weighted by Gasteiger charge is 2.14. The molecule has 0 spiro atoms. The Morgan fingerprint density at radius 1 is 1.21 bits per heavy atom. The van der Waals surface area contributed by atoms with Gasteiger partial charge in [0.2, 0.25) is 11.8 Å². The zero-order valence-electron chi connectivity index (χ0n) is 16.8. The molecule has 29 heavy (non-hydrogen) atoms. The van der Waals surface area contributed by atoms with Crippen LogP contribution in [0.3, 0.4) is 0 Å². The zero-order chi connectivity index (χ0) is 21.1. The minimum Gasteiger partial charge on any atom is -0.326 e. The van der Waals surface area contributed by atoms with Crippen molar-refractivity contribution in [2.24, 2.45) is 5.92 Å². The summed E-state index contributed by atoms with van der Waals surface area (Å²) in [6.45, 7) is 7.45. The number of rotatable bonds is 6. The van der Waals surface area contributed by atoms with Crippen molar-refractivity contribution in [1.82, 2.24) is 19.6 Å². The lowest BCUT2D eigenvalue weighted by atomic mass is 10.1. The number of amides is 2. The maximum absolute atomic E-state index is 12.4. The van der Waals surface area contributed by atoms with Crippen LogP contribution in [0.4, 0.5) is 11.4 Å². The van der Waals surface area contributed by atoms with Crippen molar-refractivity contribution in [2.45, 2.75) is 40.5 Å². The number of nitrogens with zero attached hydrogens (tertiary/aromatic N) is 4.